The summed E-state index contributed by atoms with van der Waals surface area (Å²) in [7, 11) is 0. The number of pyridine rings is 1. The standard InChI is InChI=1S/C13H20N4/c1-10(2)5-3-4-6-16-13-11(8-14)7-12(15)9-17-13/h7,9-10H,3-6,15H2,1-2H3,(H,16,17). The average Bonchev–Trinajstić information content (AvgIpc) is 2.29. The first-order valence-electron chi connectivity index (χ1n) is 6.03. The Bertz CT molecular complexity index is 393. The fourth-order valence-electron chi connectivity index (χ4n) is 1.59. The van der Waals surface area contributed by atoms with Crippen LogP contribution in [0.3, 0.4) is 0 Å². The molecule has 1 heterocycles. The number of anilines is 2. The predicted octanol–water partition coefficient (Wildman–Crippen LogP) is 2.77. The third kappa shape index (κ3) is 4.73. The molecule has 0 spiro atoms. The number of unbranched alkanes of at least 4 members (excludes halogenated alkanes) is 1. The molecule has 0 fully saturated rings. The van der Waals surface area contributed by atoms with Crippen molar-refractivity contribution >= 4 is 11.5 Å². The smallest absolute Gasteiger partial charge is 0.144 e. The van der Waals surface area contributed by atoms with Crippen molar-refractivity contribution in [3.63, 3.8) is 0 Å². The number of rotatable bonds is 6. The van der Waals surface area contributed by atoms with Crippen molar-refractivity contribution in [3.8, 4) is 6.07 Å². The summed E-state index contributed by atoms with van der Waals surface area (Å²) >= 11 is 0. The van der Waals surface area contributed by atoms with Gasteiger partial charge in [-0.05, 0) is 18.4 Å². The monoisotopic (exact) mass is 232 g/mol. The summed E-state index contributed by atoms with van der Waals surface area (Å²) in [4.78, 5) is 4.12. The number of hydrogen-bond acceptors (Lipinski definition) is 4. The Labute approximate surface area is 103 Å². The van der Waals surface area contributed by atoms with E-state index < -0.39 is 0 Å². The largest absolute Gasteiger partial charge is 0.397 e. The minimum Gasteiger partial charge on any atom is -0.397 e. The molecule has 0 bridgehead atoms. The van der Waals surface area contributed by atoms with E-state index in [9.17, 15) is 0 Å². The van der Waals surface area contributed by atoms with Crippen molar-refractivity contribution in [1.82, 2.24) is 4.98 Å². The zero-order chi connectivity index (χ0) is 12.7. The van der Waals surface area contributed by atoms with Gasteiger partial charge in [0.05, 0.1) is 17.4 Å². The highest BCUT2D eigenvalue weighted by atomic mass is 15.0. The lowest BCUT2D eigenvalue weighted by molar-refractivity contribution is 0.544. The lowest BCUT2D eigenvalue weighted by Gasteiger charge is -2.08. The van der Waals surface area contributed by atoms with Crippen molar-refractivity contribution in [3.05, 3.63) is 17.8 Å². The van der Waals surface area contributed by atoms with Crippen molar-refractivity contribution in [2.45, 2.75) is 33.1 Å². The molecule has 0 aliphatic rings. The first kappa shape index (κ1) is 13.3. The van der Waals surface area contributed by atoms with E-state index in [0.29, 0.717) is 17.1 Å². The van der Waals surface area contributed by atoms with Gasteiger partial charge in [0.2, 0.25) is 0 Å². The summed E-state index contributed by atoms with van der Waals surface area (Å²) in [6.07, 6.45) is 5.09. The maximum Gasteiger partial charge on any atom is 0.144 e. The summed E-state index contributed by atoms with van der Waals surface area (Å²) in [6.45, 7) is 5.30. The van der Waals surface area contributed by atoms with Crippen LogP contribution in [-0.2, 0) is 0 Å². The Morgan fingerprint density at radius 3 is 2.88 bits per heavy atom. The van der Waals surface area contributed by atoms with Gasteiger partial charge in [-0.2, -0.15) is 5.26 Å². The molecule has 0 saturated carbocycles. The topological polar surface area (TPSA) is 74.7 Å². The Kier molecular flexibility index (Phi) is 5.28. The van der Waals surface area contributed by atoms with Crippen LogP contribution in [0.4, 0.5) is 11.5 Å². The summed E-state index contributed by atoms with van der Waals surface area (Å²) in [5, 5.41) is 12.1. The fourth-order valence-corrected chi connectivity index (χ4v) is 1.59. The van der Waals surface area contributed by atoms with Crippen LogP contribution < -0.4 is 11.1 Å². The minimum absolute atomic E-state index is 0.508. The number of nitriles is 1. The van der Waals surface area contributed by atoms with Crippen LogP contribution in [0.2, 0.25) is 0 Å². The lowest BCUT2D eigenvalue weighted by atomic mass is 10.1. The van der Waals surface area contributed by atoms with Crippen molar-refractivity contribution < 1.29 is 0 Å². The summed E-state index contributed by atoms with van der Waals surface area (Å²) < 4.78 is 0. The van der Waals surface area contributed by atoms with Gasteiger partial charge < -0.3 is 11.1 Å². The van der Waals surface area contributed by atoms with E-state index in [1.54, 1.807) is 12.3 Å². The first-order valence-corrected chi connectivity index (χ1v) is 6.03. The van der Waals surface area contributed by atoms with Gasteiger partial charge in [0, 0.05) is 6.54 Å². The molecule has 1 aromatic heterocycles. The predicted molar refractivity (Wildman–Crippen MR) is 70.5 cm³/mol. The van der Waals surface area contributed by atoms with E-state index in [1.807, 2.05) is 0 Å². The molecule has 0 aliphatic carbocycles. The maximum atomic E-state index is 8.93. The summed E-state index contributed by atoms with van der Waals surface area (Å²) in [5.41, 5.74) is 6.60. The van der Waals surface area contributed by atoms with Crippen LogP contribution >= 0.6 is 0 Å². The highest BCUT2D eigenvalue weighted by Crippen LogP contribution is 2.14. The molecule has 0 unspecified atom stereocenters. The van der Waals surface area contributed by atoms with Gasteiger partial charge in [0.15, 0.2) is 0 Å². The molecule has 0 aliphatic heterocycles. The normalized spacial score (nSPS) is 10.2. The highest BCUT2D eigenvalue weighted by molar-refractivity contribution is 5.57. The van der Waals surface area contributed by atoms with Crippen molar-refractivity contribution in [1.29, 1.82) is 5.26 Å². The zero-order valence-electron chi connectivity index (χ0n) is 10.5. The average molecular weight is 232 g/mol. The SMILES string of the molecule is CC(C)CCCCNc1ncc(N)cc1C#N. The molecule has 3 N–H and O–H groups in total. The third-order valence-electron chi connectivity index (χ3n) is 2.53. The van der Waals surface area contributed by atoms with Crippen LogP contribution in [-0.4, -0.2) is 11.5 Å². The van der Waals surface area contributed by atoms with Crippen LogP contribution in [0.5, 0.6) is 0 Å². The van der Waals surface area contributed by atoms with Crippen LogP contribution in [0, 0.1) is 17.2 Å². The molecular weight excluding hydrogens is 212 g/mol. The lowest BCUT2D eigenvalue weighted by Crippen LogP contribution is -2.06. The number of nitrogens with zero attached hydrogens (tertiary/aromatic N) is 2. The molecule has 0 aromatic carbocycles. The van der Waals surface area contributed by atoms with E-state index in [2.05, 4.69) is 30.2 Å². The van der Waals surface area contributed by atoms with E-state index in [0.717, 1.165) is 18.9 Å². The molecule has 0 atom stereocenters. The van der Waals surface area contributed by atoms with E-state index in [4.69, 9.17) is 11.0 Å². The molecular formula is C13H20N4. The maximum absolute atomic E-state index is 8.93. The molecule has 0 saturated heterocycles. The molecule has 0 amide bonds. The van der Waals surface area contributed by atoms with Gasteiger partial charge in [-0.25, -0.2) is 4.98 Å². The van der Waals surface area contributed by atoms with Gasteiger partial charge in [0.25, 0.3) is 0 Å². The van der Waals surface area contributed by atoms with Crippen molar-refractivity contribution in [2.24, 2.45) is 5.92 Å². The summed E-state index contributed by atoms with van der Waals surface area (Å²) in [6, 6.07) is 3.73. The molecule has 1 rings (SSSR count). The Morgan fingerprint density at radius 2 is 2.24 bits per heavy atom. The Morgan fingerprint density at radius 1 is 1.47 bits per heavy atom. The second-order valence-electron chi connectivity index (χ2n) is 4.59. The summed E-state index contributed by atoms with van der Waals surface area (Å²) in [5.74, 6) is 1.38. The van der Waals surface area contributed by atoms with Gasteiger partial charge in [0.1, 0.15) is 11.9 Å². The first-order chi connectivity index (χ1) is 8.13. The molecule has 4 heteroatoms. The molecule has 0 radical (unpaired) electrons. The molecule has 92 valence electrons. The second-order valence-corrected chi connectivity index (χ2v) is 4.59. The van der Waals surface area contributed by atoms with E-state index in [1.165, 1.54) is 12.8 Å². The Balaban J connectivity index is 2.39. The number of nitrogens with one attached hydrogen (secondary N) is 1. The van der Waals surface area contributed by atoms with Crippen molar-refractivity contribution in [2.75, 3.05) is 17.6 Å². The van der Waals surface area contributed by atoms with Gasteiger partial charge in [-0.3, -0.25) is 0 Å². The minimum atomic E-state index is 0.508. The van der Waals surface area contributed by atoms with E-state index >= 15 is 0 Å². The molecule has 17 heavy (non-hydrogen) atoms. The van der Waals surface area contributed by atoms with Gasteiger partial charge in [-0.15, -0.1) is 0 Å². The molecule has 1 aromatic rings. The highest BCUT2D eigenvalue weighted by Gasteiger charge is 2.03. The van der Waals surface area contributed by atoms with Crippen LogP contribution in [0.1, 0.15) is 38.7 Å². The third-order valence-corrected chi connectivity index (χ3v) is 2.53. The van der Waals surface area contributed by atoms with Crippen LogP contribution in [0.25, 0.3) is 0 Å². The quantitative estimate of drug-likeness (QED) is 0.739. The zero-order valence-corrected chi connectivity index (χ0v) is 10.5. The van der Waals surface area contributed by atoms with Gasteiger partial charge in [-0.1, -0.05) is 26.7 Å². The number of nitrogen functional groups attached to an aromatic ring is 1. The number of hydrogen-bond donors (Lipinski definition) is 2. The van der Waals surface area contributed by atoms with Gasteiger partial charge >= 0.3 is 0 Å². The number of aromatic nitrogens is 1. The Hall–Kier alpha value is -1.76. The fraction of sp³-hybridized carbons (Fsp3) is 0.538. The second kappa shape index (κ2) is 6.74. The van der Waals surface area contributed by atoms with E-state index in [-0.39, 0.29) is 0 Å². The number of nitrogens with two attached hydrogens (primary N) is 1. The molecule has 4 nitrogen and oxygen atoms in total. The van der Waals surface area contributed by atoms with Crippen LogP contribution in [0.15, 0.2) is 12.3 Å².